The number of furan rings is 1. The van der Waals surface area contributed by atoms with Gasteiger partial charge in [-0.2, -0.15) is 0 Å². The number of carbonyl (C=O) groups excluding carboxylic acids is 1. The average Bonchev–Trinajstić information content (AvgIpc) is 2.98. The molecule has 1 aromatic carbocycles. The van der Waals surface area contributed by atoms with Crippen molar-refractivity contribution in [2.75, 3.05) is 0 Å². The van der Waals surface area contributed by atoms with Gasteiger partial charge in [-0.1, -0.05) is 12.1 Å². The molecule has 0 aliphatic carbocycles. The Bertz CT molecular complexity index is 754. The minimum Gasteiger partial charge on any atom is -0.467 e. The lowest BCUT2D eigenvalue weighted by Crippen LogP contribution is -2.22. The van der Waals surface area contributed by atoms with Gasteiger partial charge in [-0.25, -0.2) is 0 Å². The van der Waals surface area contributed by atoms with Gasteiger partial charge in [-0.3, -0.25) is 9.78 Å². The molecule has 1 N–H and O–H groups in total. The van der Waals surface area contributed by atoms with Gasteiger partial charge >= 0.3 is 0 Å². The topological polar surface area (TPSA) is 55.1 Å². The van der Waals surface area contributed by atoms with E-state index in [1.807, 2.05) is 24.3 Å². The fraction of sp³-hybridized carbons (Fsp3) is 0.0667. The van der Waals surface area contributed by atoms with Gasteiger partial charge in [-0.05, 0) is 40.2 Å². The quantitative estimate of drug-likeness (QED) is 0.799. The summed E-state index contributed by atoms with van der Waals surface area (Å²) >= 11 is 3.44. The van der Waals surface area contributed by atoms with E-state index < -0.39 is 0 Å². The Morgan fingerprint density at radius 2 is 2.15 bits per heavy atom. The largest absolute Gasteiger partial charge is 0.467 e. The monoisotopic (exact) mass is 330 g/mol. The standard InChI is InChI=1S/C15H11BrN2O2/c16-13-5-1-4-11-12(6-7-17-14(11)13)15(19)18-9-10-3-2-8-20-10/h1-8H,9H2,(H,18,19). The number of pyridine rings is 1. The summed E-state index contributed by atoms with van der Waals surface area (Å²) < 4.78 is 6.06. The Balaban J connectivity index is 1.90. The van der Waals surface area contributed by atoms with Gasteiger partial charge in [0.1, 0.15) is 5.76 Å². The van der Waals surface area contributed by atoms with E-state index >= 15 is 0 Å². The molecule has 0 radical (unpaired) electrons. The van der Waals surface area contributed by atoms with Crippen molar-refractivity contribution in [3.63, 3.8) is 0 Å². The number of para-hydroxylation sites is 1. The molecule has 3 aromatic rings. The van der Waals surface area contributed by atoms with Gasteiger partial charge < -0.3 is 9.73 Å². The molecular weight excluding hydrogens is 320 g/mol. The van der Waals surface area contributed by atoms with Crippen molar-refractivity contribution in [2.45, 2.75) is 6.54 Å². The van der Waals surface area contributed by atoms with E-state index in [2.05, 4.69) is 26.2 Å². The normalized spacial score (nSPS) is 10.7. The first kappa shape index (κ1) is 12.9. The number of benzene rings is 1. The lowest BCUT2D eigenvalue weighted by molar-refractivity contribution is 0.0949. The third kappa shape index (κ3) is 2.44. The van der Waals surface area contributed by atoms with Crippen molar-refractivity contribution in [3.05, 3.63) is 64.7 Å². The average molecular weight is 331 g/mol. The highest BCUT2D eigenvalue weighted by Gasteiger charge is 2.11. The second-order valence-electron chi connectivity index (χ2n) is 4.26. The van der Waals surface area contributed by atoms with Crippen molar-refractivity contribution >= 4 is 32.7 Å². The minimum absolute atomic E-state index is 0.146. The first-order valence-corrected chi connectivity index (χ1v) is 6.89. The van der Waals surface area contributed by atoms with Crippen LogP contribution in [0.25, 0.3) is 10.9 Å². The number of nitrogens with one attached hydrogen (secondary N) is 1. The summed E-state index contributed by atoms with van der Waals surface area (Å²) in [7, 11) is 0. The van der Waals surface area contributed by atoms with E-state index in [0.717, 1.165) is 21.1 Å². The summed E-state index contributed by atoms with van der Waals surface area (Å²) in [5, 5.41) is 3.66. The molecule has 20 heavy (non-hydrogen) atoms. The Kier molecular flexibility index (Phi) is 3.52. The van der Waals surface area contributed by atoms with Gasteiger partial charge in [0.25, 0.3) is 5.91 Å². The molecule has 0 aliphatic heterocycles. The van der Waals surface area contributed by atoms with Gasteiger partial charge in [0, 0.05) is 16.1 Å². The zero-order chi connectivity index (χ0) is 13.9. The Morgan fingerprint density at radius 3 is 2.95 bits per heavy atom. The summed E-state index contributed by atoms with van der Waals surface area (Å²) in [6, 6.07) is 11.0. The van der Waals surface area contributed by atoms with Crippen LogP contribution in [0, 0.1) is 0 Å². The van der Waals surface area contributed by atoms with Crippen molar-refractivity contribution in [1.29, 1.82) is 0 Å². The van der Waals surface area contributed by atoms with Crippen LogP contribution in [0.2, 0.25) is 0 Å². The Morgan fingerprint density at radius 1 is 1.25 bits per heavy atom. The van der Waals surface area contributed by atoms with E-state index in [0.29, 0.717) is 12.1 Å². The van der Waals surface area contributed by atoms with E-state index in [9.17, 15) is 4.79 Å². The van der Waals surface area contributed by atoms with Gasteiger partial charge in [0.15, 0.2) is 0 Å². The van der Waals surface area contributed by atoms with Crippen molar-refractivity contribution in [2.24, 2.45) is 0 Å². The van der Waals surface area contributed by atoms with E-state index in [-0.39, 0.29) is 5.91 Å². The molecule has 2 aromatic heterocycles. The summed E-state index contributed by atoms with van der Waals surface area (Å²) in [5.41, 5.74) is 1.38. The number of aromatic nitrogens is 1. The molecule has 1 amide bonds. The fourth-order valence-corrected chi connectivity index (χ4v) is 2.48. The second-order valence-corrected chi connectivity index (χ2v) is 5.11. The lowest BCUT2D eigenvalue weighted by Gasteiger charge is -2.07. The zero-order valence-corrected chi connectivity index (χ0v) is 12.1. The predicted octanol–water partition coefficient (Wildman–Crippen LogP) is 3.52. The number of amides is 1. The van der Waals surface area contributed by atoms with Gasteiger partial charge in [-0.15, -0.1) is 0 Å². The van der Waals surface area contributed by atoms with Crippen LogP contribution >= 0.6 is 15.9 Å². The molecule has 0 spiro atoms. The maximum Gasteiger partial charge on any atom is 0.252 e. The van der Waals surface area contributed by atoms with Gasteiger partial charge in [0.05, 0.1) is 23.9 Å². The molecule has 0 fully saturated rings. The third-order valence-electron chi connectivity index (χ3n) is 2.97. The highest BCUT2D eigenvalue weighted by Crippen LogP contribution is 2.24. The first-order chi connectivity index (χ1) is 9.75. The van der Waals surface area contributed by atoms with Crippen molar-refractivity contribution in [1.82, 2.24) is 10.3 Å². The number of hydrogen-bond donors (Lipinski definition) is 1. The number of fused-ring (bicyclic) bond motifs is 1. The molecule has 4 nitrogen and oxygen atoms in total. The molecule has 0 bridgehead atoms. The van der Waals surface area contributed by atoms with Crippen LogP contribution in [0.5, 0.6) is 0 Å². The van der Waals surface area contributed by atoms with Crippen LogP contribution in [0.15, 0.2) is 57.7 Å². The lowest BCUT2D eigenvalue weighted by atomic mass is 10.1. The molecule has 100 valence electrons. The molecule has 0 unspecified atom stereocenters. The molecule has 0 aliphatic rings. The summed E-state index contributed by atoms with van der Waals surface area (Å²) in [6.07, 6.45) is 3.22. The molecule has 2 heterocycles. The number of halogens is 1. The summed E-state index contributed by atoms with van der Waals surface area (Å²) in [4.78, 5) is 16.6. The van der Waals surface area contributed by atoms with E-state index in [4.69, 9.17) is 4.42 Å². The van der Waals surface area contributed by atoms with Crippen LogP contribution in [0.4, 0.5) is 0 Å². The maximum absolute atomic E-state index is 12.3. The Labute approximate surface area is 123 Å². The number of hydrogen-bond acceptors (Lipinski definition) is 3. The van der Waals surface area contributed by atoms with Crippen molar-refractivity contribution < 1.29 is 9.21 Å². The number of rotatable bonds is 3. The highest BCUT2D eigenvalue weighted by atomic mass is 79.9. The third-order valence-corrected chi connectivity index (χ3v) is 3.61. The minimum atomic E-state index is -0.146. The maximum atomic E-state index is 12.3. The molecular formula is C15H11BrN2O2. The van der Waals surface area contributed by atoms with Crippen LogP contribution < -0.4 is 5.32 Å². The van der Waals surface area contributed by atoms with Crippen LogP contribution in [-0.2, 0) is 6.54 Å². The zero-order valence-electron chi connectivity index (χ0n) is 10.5. The molecule has 5 heteroatoms. The van der Waals surface area contributed by atoms with Crippen LogP contribution in [0.3, 0.4) is 0 Å². The molecule has 0 atom stereocenters. The molecule has 0 saturated carbocycles. The molecule has 0 saturated heterocycles. The van der Waals surface area contributed by atoms with Gasteiger partial charge in [0.2, 0.25) is 0 Å². The highest BCUT2D eigenvalue weighted by molar-refractivity contribution is 9.10. The van der Waals surface area contributed by atoms with E-state index in [1.54, 1.807) is 24.6 Å². The predicted molar refractivity (Wildman–Crippen MR) is 79.3 cm³/mol. The fourth-order valence-electron chi connectivity index (χ4n) is 2.01. The van der Waals surface area contributed by atoms with Crippen LogP contribution in [-0.4, -0.2) is 10.9 Å². The van der Waals surface area contributed by atoms with Crippen LogP contribution in [0.1, 0.15) is 16.1 Å². The van der Waals surface area contributed by atoms with E-state index in [1.165, 1.54) is 0 Å². The Hall–Kier alpha value is -2.14. The van der Waals surface area contributed by atoms with Crippen molar-refractivity contribution in [3.8, 4) is 0 Å². The second kappa shape index (κ2) is 5.46. The SMILES string of the molecule is O=C(NCc1ccco1)c1ccnc2c(Br)cccc12. The molecule has 3 rings (SSSR count). The number of nitrogens with zero attached hydrogens (tertiary/aromatic N) is 1. The summed E-state index contributed by atoms with van der Waals surface area (Å²) in [5.74, 6) is 0.574. The summed E-state index contributed by atoms with van der Waals surface area (Å²) in [6.45, 7) is 0.365. The number of carbonyl (C=O) groups is 1. The first-order valence-electron chi connectivity index (χ1n) is 6.09. The smallest absolute Gasteiger partial charge is 0.252 e.